The van der Waals surface area contributed by atoms with Gasteiger partial charge in [-0.1, -0.05) is 122 Å². The number of unbranched alkanes of at least 4 members (excludes halogenated alkanes) is 18. The summed E-state index contributed by atoms with van der Waals surface area (Å²) in [7, 11) is 0. The van der Waals surface area contributed by atoms with Crippen molar-refractivity contribution in [1.29, 1.82) is 0 Å². The summed E-state index contributed by atoms with van der Waals surface area (Å²) in [4.78, 5) is 0. The molecule has 1 fully saturated rings. The molecule has 1 aliphatic rings. The molecule has 1 aliphatic heterocycles. The van der Waals surface area contributed by atoms with Gasteiger partial charge in [0.15, 0.2) is 6.29 Å². The molecular weight excluding hydrogens is 552 g/mol. The molecule has 8 atom stereocenters. The highest BCUT2D eigenvalue weighted by Gasteiger charge is 2.43. The van der Waals surface area contributed by atoms with Crippen LogP contribution in [-0.2, 0) is 9.47 Å². The molecule has 0 aromatic heterocycles. The topological polar surface area (TPSA) is 160 Å². The van der Waals surface area contributed by atoms with Crippen LogP contribution < -0.4 is 0 Å². The molecule has 9 heteroatoms. The maximum Gasteiger partial charge on any atom is 0.186 e. The third kappa shape index (κ3) is 21.1. The van der Waals surface area contributed by atoms with Crippen molar-refractivity contribution < 1.29 is 45.2 Å². The Hall–Kier alpha value is -0.360. The Bertz CT molecular complexity index is 606. The number of hydrogen-bond donors (Lipinski definition) is 7. The normalized spacial score (nSPS) is 24.7. The van der Waals surface area contributed by atoms with E-state index in [0.29, 0.717) is 19.3 Å². The van der Waals surface area contributed by atoms with Gasteiger partial charge in [-0.2, -0.15) is 0 Å². The van der Waals surface area contributed by atoms with Crippen LogP contribution in [0, 0.1) is 0 Å². The van der Waals surface area contributed by atoms with E-state index in [1.165, 1.54) is 103 Å². The summed E-state index contributed by atoms with van der Waals surface area (Å²) in [5.74, 6) is 0. The smallest absolute Gasteiger partial charge is 0.186 e. The lowest BCUT2D eigenvalue weighted by atomic mass is 9.99. The average Bonchev–Trinajstić information content (AvgIpc) is 2.97. The van der Waals surface area contributed by atoms with E-state index < -0.39 is 49.5 Å². The predicted octanol–water partition coefficient (Wildman–Crippen LogP) is 4.88. The zero-order valence-corrected chi connectivity index (χ0v) is 27.2. The minimum atomic E-state index is -1.45. The largest absolute Gasteiger partial charge is 0.394 e. The number of aliphatic hydroxyl groups excluding tert-OH is 7. The van der Waals surface area contributed by atoms with Gasteiger partial charge in [0, 0.05) is 0 Å². The monoisotopic (exact) mass is 620 g/mol. The van der Waals surface area contributed by atoms with Crippen molar-refractivity contribution >= 4 is 0 Å². The van der Waals surface area contributed by atoms with Gasteiger partial charge in [0.1, 0.15) is 24.4 Å². The van der Waals surface area contributed by atoms with Gasteiger partial charge in [-0.3, -0.25) is 0 Å². The lowest BCUT2D eigenvalue weighted by Gasteiger charge is -2.39. The molecule has 0 aliphatic carbocycles. The Morgan fingerprint density at radius 3 is 1.33 bits per heavy atom. The third-order valence-corrected chi connectivity index (χ3v) is 8.77. The predicted molar refractivity (Wildman–Crippen MR) is 170 cm³/mol. The fraction of sp³-hybridized carbons (Fsp3) is 1.00. The second-order valence-corrected chi connectivity index (χ2v) is 13.0. The van der Waals surface area contributed by atoms with Crippen molar-refractivity contribution in [3.05, 3.63) is 0 Å². The Balaban J connectivity index is 1.79. The molecule has 1 rings (SSSR count). The number of aliphatic hydroxyl groups is 7. The summed E-state index contributed by atoms with van der Waals surface area (Å²) >= 11 is 0. The van der Waals surface area contributed by atoms with Gasteiger partial charge in [-0.15, -0.1) is 0 Å². The highest BCUT2D eigenvalue weighted by molar-refractivity contribution is 4.88. The highest BCUT2D eigenvalue weighted by Crippen LogP contribution is 2.22. The molecule has 0 radical (unpaired) electrons. The van der Waals surface area contributed by atoms with Gasteiger partial charge in [-0.25, -0.2) is 0 Å². The fourth-order valence-electron chi connectivity index (χ4n) is 5.95. The summed E-state index contributed by atoms with van der Waals surface area (Å²) in [6, 6.07) is 0. The molecule has 1 saturated heterocycles. The Kier molecular flexibility index (Phi) is 25.4. The van der Waals surface area contributed by atoms with Crippen molar-refractivity contribution in [2.45, 2.75) is 204 Å². The van der Waals surface area contributed by atoms with Gasteiger partial charge >= 0.3 is 0 Å². The van der Waals surface area contributed by atoms with Gasteiger partial charge < -0.3 is 45.2 Å². The summed E-state index contributed by atoms with van der Waals surface area (Å²) in [5, 5.41) is 68.0. The van der Waals surface area contributed by atoms with Crippen LogP contribution in [0.4, 0.5) is 0 Å². The van der Waals surface area contributed by atoms with Crippen LogP contribution in [0.15, 0.2) is 0 Å². The molecule has 258 valence electrons. The summed E-state index contributed by atoms with van der Waals surface area (Å²) < 4.78 is 10.8. The molecule has 0 unspecified atom stereocenters. The highest BCUT2D eigenvalue weighted by atomic mass is 16.7. The minimum absolute atomic E-state index is 0.158. The van der Waals surface area contributed by atoms with Gasteiger partial charge in [0.05, 0.1) is 31.5 Å². The Labute approximate surface area is 262 Å². The second-order valence-electron chi connectivity index (χ2n) is 13.0. The van der Waals surface area contributed by atoms with Crippen molar-refractivity contribution in [3.63, 3.8) is 0 Å². The second kappa shape index (κ2) is 26.8. The summed E-state index contributed by atoms with van der Waals surface area (Å²) in [5.41, 5.74) is 0. The fourth-order valence-corrected chi connectivity index (χ4v) is 5.95. The lowest BCUT2D eigenvalue weighted by molar-refractivity contribution is -0.301. The molecule has 7 N–H and O–H groups in total. The van der Waals surface area contributed by atoms with E-state index in [2.05, 4.69) is 0 Å². The van der Waals surface area contributed by atoms with Crippen LogP contribution in [-0.4, -0.2) is 98.0 Å². The van der Waals surface area contributed by atoms with E-state index in [9.17, 15) is 35.7 Å². The first-order chi connectivity index (χ1) is 20.8. The van der Waals surface area contributed by atoms with Crippen LogP contribution in [0.3, 0.4) is 0 Å². The first kappa shape index (κ1) is 40.7. The number of rotatable bonds is 29. The molecule has 1 heterocycles. The van der Waals surface area contributed by atoms with Crippen molar-refractivity contribution in [2.24, 2.45) is 0 Å². The van der Waals surface area contributed by atoms with E-state index >= 15 is 0 Å². The maximum absolute atomic E-state index is 10.2. The number of ether oxygens (including phenoxy) is 2. The van der Waals surface area contributed by atoms with E-state index in [1.807, 2.05) is 0 Å². The van der Waals surface area contributed by atoms with Gasteiger partial charge in [0.2, 0.25) is 0 Å². The van der Waals surface area contributed by atoms with Gasteiger partial charge in [-0.05, 0) is 32.6 Å². The van der Waals surface area contributed by atoms with E-state index in [4.69, 9.17) is 9.47 Å². The summed E-state index contributed by atoms with van der Waals surface area (Å²) in [6.45, 7) is 1.40. The van der Waals surface area contributed by atoms with Crippen molar-refractivity contribution in [3.8, 4) is 0 Å². The van der Waals surface area contributed by atoms with Crippen LogP contribution in [0.2, 0.25) is 0 Å². The average molecular weight is 621 g/mol. The van der Waals surface area contributed by atoms with Crippen molar-refractivity contribution in [1.82, 2.24) is 0 Å². The zero-order chi connectivity index (χ0) is 31.7. The van der Waals surface area contributed by atoms with E-state index in [-0.39, 0.29) is 12.7 Å². The standard InChI is InChI=1S/C34H68O9/c1-27(36)25-29(38)22-20-18-16-14-12-10-8-6-4-2-3-5-7-9-11-13-15-17-19-21-28(37)23-24-42-34-33(41)32(40)31(39)30(26-35)43-34/h27-41H,2-26H2,1H3/t27-,28-,29+,30-,31-,32+,33-,34+/m1/s1. The van der Waals surface area contributed by atoms with Crippen LogP contribution in [0.1, 0.15) is 155 Å². The van der Waals surface area contributed by atoms with Crippen LogP contribution in [0.25, 0.3) is 0 Å². The Morgan fingerprint density at radius 2 is 0.930 bits per heavy atom. The zero-order valence-electron chi connectivity index (χ0n) is 27.2. The first-order valence-corrected chi connectivity index (χ1v) is 17.7. The van der Waals surface area contributed by atoms with E-state index in [0.717, 1.165) is 25.7 Å². The minimum Gasteiger partial charge on any atom is -0.394 e. The SMILES string of the molecule is C[C@@H](O)C[C@@H](O)CCCCCCCCCCCCCCCCCCCCC[C@@H](O)CCO[C@H]1O[C@H](CO)[C@@H](O)[C@H](O)[C@H]1O. The van der Waals surface area contributed by atoms with E-state index in [1.54, 1.807) is 6.92 Å². The summed E-state index contributed by atoms with van der Waals surface area (Å²) in [6.07, 6.45) is 19.0. The molecule has 0 aromatic rings. The van der Waals surface area contributed by atoms with Crippen LogP contribution in [0.5, 0.6) is 0 Å². The molecule has 43 heavy (non-hydrogen) atoms. The maximum atomic E-state index is 10.2. The molecular formula is C34H68O9. The number of hydrogen-bond acceptors (Lipinski definition) is 9. The molecule has 9 nitrogen and oxygen atoms in total. The quantitative estimate of drug-likeness (QED) is 0.0579. The van der Waals surface area contributed by atoms with Gasteiger partial charge in [0.25, 0.3) is 0 Å². The Morgan fingerprint density at radius 1 is 0.535 bits per heavy atom. The third-order valence-electron chi connectivity index (χ3n) is 8.77. The van der Waals surface area contributed by atoms with Crippen LogP contribution >= 0.6 is 0 Å². The first-order valence-electron chi connectivity index (χ1n) is 17.7. The molecule has 0 spiro atoms. The molecule has 0 amide bonds. The molecule has 0 bridgehead atoms. The molecule has 0 saturated carbocycles. The lowest BCUT2D eigenvalue weighted by Crippen LogP contribution is -2.59. The molecule has 0 aromatic carbocycles. The van der Waals surface area contributed by atoms with Crippen molar-refractivity contribution in [2.75, 3.05) is 13.2 Å².